The maximum Gasteiger partial charge on any atom is 0.254 e. The Bertz CT molecular complexity index is 762. The molecule has 1 aliphatic heterocycles. The number of rotatable bonds is 5. The number of carbonyl (C=O) groups excluding carboxylic acids is 1. The van der Waals surface area contributed by atoms with Gasteiger partial charge in [0, 0.05) is 37.7 Å². The summed E-state index contributed by atoms with van der Waals surface area (Å²) >= 11 is 6.41. The molecule has 2 aromatic rings. The summed E-state index contributed by atoms with van der Waals surface area (Å²) < 4.78 is 13.9. The minimum absolute atomic E-state index is 0.0480. The van der Waals surface area contributed by atoms with Crippen LogP contribution in [0.15, 0.2) is 48.5 Å². The van der Waals surface area contributed by atoms with E-state index in [2.05, 4.69) is 22.2 Å². The van der Waals surface area contributed by atoms with Gasteiger partial charge in [0.1, 0.15) is 5.82 Å². The zero-order chi connectivity index (χ0) is 18.5. The first-order chi connectivity index (χ1) is 12.6. The molecule has 1 fully saturated rings. The van der Waals surface area contributed by atoms with E-state index in [1.807, 2.05) is 24.3 Å². The van der Waals surface area contributed by atoms with Gasteiger partial charge in [-0.15, -0.1) is 0 Å². The van der Waals surface area contributed by atoms with Crippen LogP contribution in [0.1, 0.15) is 22.0 Å². The Balaban J connectivity index is 1.77. The average Bonchev–Trinajstić information content (AvgIpc) is 2.65. The molecule has 0 radical (unpaired) electrons. The predicted octanol–water partition coefficient (Wildman–Crippen LogP) is 3.20. The van der Waals surface area contributed by atoms with Crippen LogP contribution in [0.3, 0.4) is 0 Å². The third-order valence-electron chi connectivity index (χ3n) is 4.82. The summed E-state index contributed by atoms with van der Waals surface area (Å²) in [5.74, 6) is -0.923. The summed E-state index contributed by atoms with van der Waals surface area (Å²) in [6, 6.07) is 13.7. The first-order valence-corrected chi connectivity index (χ1v) is 9.14. The van der Waals surface area contributed by atoms with Gasteiger partial charge in [-0.05, 0) is 30.8 Å². The summed E-state index contributed by atoms with van der Waals surface area (Å²) in [4.78, 5) is 17.0. The second kappa shape index (κ2) is 8.62. The lowest BCUT2D eigenvalue weighted by molar-refractivity contribution is 0.0883. The molecule has 3 rings (SSSR count). The summed E-state index contributed by atoms with van der Waals surface area (Å²) in [5.41, 5.74) is 1.04. The van der Waals surface area contributed by atoms with Crippen LogP contribution in [-0.2, 0) is 0 Å². The Morgan fingerprint density at radius 3 is 2.46 bits per heavy atom. The Kier molecular flexibility index (Phi) is 6.25. The highest BCUT2D eigenvalue weighted by molar-refractivity contribution is 6.31. The largest absolute Gasteiger partial charge is 0.350 e. The van der Waals surface area contributed by atoms with Gasteiger partial charge in [-0.3, -0.25) is 9.69 Å². The second-order valence-corrected chi connectivity index (χ2v) is 6.97. The number of nitrogens with zero attached hydrogens (tertiary/aromatic N) is 2. The molecular formula is C20H23ClFN3O. The van der Waals surface area contributed by atoms with E-state index in [0.717, 1.165) is 31.7 Å². The molecule has 4 nitrogen and oxygen atoms in total. The average molecular weight is 376 g/mol. The van der Waals surface area contributed by atoms with E-state index in [0.29, 0.717) is 11.6 Å². The fraction of sp³-hybridized carbons (Fsp3) is 0.350. The number of hydrogen-bond donors (Lipinski definition) is 1. The SMILES string of the molecule is CN1CCN(C(CNC(=O)c2ccccc2F)c2ccccc2Cl)CC1. The van der Waals surface area contributed by atoms with Gasteiger partial charge < -0.3 is 10.2 Å². The number of hydrogen-bond acceptors (Lipinski definition) is 3. The van der Waals surface area contributed by atoms with Crippen molar-refractivity contribution >= 4 is 17.5 Å². The number of amides is 1. The van der Waals surface area contributed by atoms with E-state index in [4.69, 9.17) is 11.6 Å². The standard InChI is InChI=1S/C20H23ClFN3O/c1-24-10-12-25(13-11-24)19(15-6-2-4-8-17(15)21)14-23-20(26)16-7-3-5-9-18(16)22/h2-9,19H,10-14H2,1H3,(H,23,26). The van der Waals surface area contributed by atoms with Crippen molar-refractivity contribution < 1.29 is 9.18 Å². The fourth-order valence-corrected chi connectivity index (χ4v) is 3.51. The topological polar surface area (TPSA) is 35.6 Å². The number of nitrogens with one attached hydrogen (secondary N) is 1. The van der Waals surface area contributed by atoms with Crippen LogP contribution in [0.25, 0.3) is 0 Å². The molecule has 2 aromatic carbocycles. The van der Waals surface area contributed by atoms with Gasteiger partial charge in [0.25, 0.3) is 5.91 Å². The van der Waals surface area contributed by atoms with E-state index in [1.165, 1.54) is 12.1 Å². The van der Waals surface area contributed by atoms with Crippen LogP contribution in [0.2, 0.25) is 5.02 Å². The van der Waals surface area contributed by atoms with Crippen LogP contribution in [0.4, 0.5) is 4.39 Å². The van der Waals surface area contributed by atoms with Crippen LogP contribution in [-0.4, -0.2) is 55.5 Å². The van der Waals surface area contributed by atoms with Gasteiger partial charge in [-0.25, -0.2) is 4.39 Å². The molecule has 0 aromatic heterocycles. The Morgan fingerprint density at radius 2 is 1.77 bits per heavy atom. The van der Waals surface area contributed by atoms with Crippen LogP contribution >= 0.6 is 11.6 Å². The van der Waals surface area contributed by atoms with E-state index in [1.54, 1.807) is 12.1 Å². The van der Waals surface area contributed by atoms with Crippen molar-refractivity contribution in [3.8, 4) is 0 Å². The van der Waals surface area contributed by atoms with Gasteiger partial charge in [0.2, 0.25) is 0 Å². The molecule has 1 N–H and O–H groups in total. The molecule has 1 atom stereocenters. The molecule has 0 saturated carbocycles. The Hall–Kier alpha value is -1.95. The lowest BCUT2D eigenvalue weighted by Crippen LogP contribution is -2.48. The number of halogens is 2. The molecule has 6 heteroatoms. The van der Waals surface area contributed by atoms with Crippen molar-refractivity contribution in [1.82, 2.24) is 15.1 Å². The normalized spacial score (nSPS) is 17.0. The van der Waals surface area contributed by atoms with Gasteiger partial charge >= 0.3 is 0 Å². The van der Waals surface area contributed by atoms with Crippen molar-refractivity contribution in [2.24, 2.45) is 0 Å². The van der Waals surface area contributed by atoms with Gasteiger partial charge in [-0.1, -0.05) is 41.9 Å². The highest BCUT2D eigenvalue weighted by Crippen LogP contribution is 2.28. The zero-order valence-corrected chi connectivity index (χ0v) is 15.5. The smallest absolute Gasteiger partial charge is 0.254 e. The summed E-state index contributed by atoms with van der Waals surface area (Å²) in [6.45, 7) is 4.08. The summed E-state index contributed by atoms with van der Waals surface area (Å²) in [5, 5.41) is 3.56. The lowest BCUT2D eigenvalue weighted by atomic mass is 10.0. The highest BCUT2D eigenvalue weighted by atomic mass is 35.5. The molecule has 1 heterocycles. The van der Waals surface area contributed by atoms with E-state index >= 15 is 0 Å². The Labute approximate surface area is 158 Å². The van der Waals surface area contributed by atoms with Gasteiger partial charge in [0.05, 0.1) is 11.6 Å². The lowest BCUT2D eigenvalue weighted by Gasteiger charge is -2.38. The second-order valence-electron chi connectivity index (χ2n) is 6.57. The van der Waals surface area contributed by atoms with E-state index < -0.39 is 11.7 Å². The van der Waals surface area contributed by atoms with Crippen molar-refractivity contribution in [3.05, 3.63) is 70.5 Å². The van der Waals surface area contributed by atoms with Crippen LogP contribution < -0.4 is 5.32 Å². The molecule has 1 saturated heterocycles. The molecular weight excluding hydrogens is 353 g/mol. The fourth-order valence-electron chi connectivity index (χ4n) is 3.24. The van der Waals surface area contributed by atoms with Crippen LogP contribution in [0, 0.1) is 5.82 Å². The summed E-state index contributed by atoms with van der Waals surface area (Å²) in [7, 11) is 2.10. The molecule has 1 aliphatic rings. The third kappa shape index (κ3) is 4.41. The third-order valence-corrected chi connectivity index (χ3v) is 5.16. The number of likely N-dealkylation sites (N-methyl/N-ethyl adjacent to an activating group) is 1. The van der Waals surface area contributed by atoms with E-state index in [9.17, 15) is 9.18 Å². The molecule has 138 valence electrons. The number of piperazine rings is 1. The maximum absolute atomic E-state index is 13.9. The highest BCUT2D eigenvalue weighted by Gasteiger charge is 2.26. The van der Waals surface area contributed by atoms with Crippen LogP contribution in [0.5, 0.6) is 0 Å². The monoisotopic (exact) mass is 375 g/mol. The van der Waals surface area contributed by atoms with Crippen molar-refractivity contribution in [3.63, 3.8) is 0 Å². The molecule has 26 heavy (non-hydrogen) atoms. The van der Waals surface area contributed by atoms with E-state index in [-0.39, 0.29) is 11.6 Å². The first kappa shape index (κ1) is 18.8. The quantitative estimate of drug-likeness (QED) is 0.871. The molecule has 0 spiro atoms. The van der Waals surface area contributed by atoms with Crippen molar-refractivity contribution in [2.45, 2.75) is 6.04 Å². The Morgan fingerprint density at radius 1 is 1.12 bits per heavy atom. The first-order valence-electron chi connectivity index (χ1n) is 8.76. The van der Waals surface area contributed by atoms with Crippen molar-refractivity contribution in [2.75, 3.05) is 39.8 Å². The molecule has 0 aliphatic carbocycles. The van der Waals surface area contributed by atoms with Crippen molar-refractivity contribution in [1.29, 1.82) is 0 Å². The summed E-state index contributed by atoms with van der Waals surface area (Å²) in [6.07, 6.45) is 0. The molecule has 1 amide bonds. The minimum atomic E-state index is -0.515. The number of benzene rings is 2. The predicted molar refractivity (Wildman–Crippen MR) is 102 cm³/mol. The van der Waals surface area contributed by atoms with Gasteiger partial charge in [-0.2, -0.15) is 0 Å². The molecule has 1 unspecified atom stereocenters. The van der Waals surface area contributed by atoms with Gasteiger partial charge in [0.15, 0.2) is 0 Å². The minimum Gasteiger partial charge on any atom is -0.350 e. The zero-order valence-electron chi connectivity index (χ0n) is 14.8. The maximum atomic E-state index is 13.9. The number of carbonyl (C=O) groups is 1. The molecule has 0 bridgehead atoms.